The molecule has 2 aromatic carbocycles. The Morgan fingerprint density at radius 2 is 1.93 bits per heavy atom. The molecule has 1 saturated carbocycles. The van der Waals surface area contributed by atoms with E-state index in [9.17, 15) is 18.0 Å². The molecule has 4 rings (SSSR count). The fraction of sp³-hybridized carbons (Fsp3) is 0.318. The van der Waals surface area contributed by atoms with Crippen molar-refractivity contribution in [3.8, 4) is 17.2 Å². The van der Waals surface area contributed by atoms with Crippen LogP contribution in [0.15, 0.2) is 36.5 Å². The van der Waals surface area contributed by atoms with Crippen LogP contribution in [-0.4, -0.2) is 22.7 Å². The summed E-state index contributed by atoms with van der Waals surface area (Å²) in [5.41, 5.74) is 0.944. The Bertz CT molecular complexity index is 1100. The zero-order valence-electron chi connectivity index (χ0n) is 16.2. The number of carboxylic acid groups (broad SMARTS) is 1. The molecule has 8 heteroatoms. The van der Waals surface area contributed by atoms with E-state index in [2.05, 4.69) is 4.98 Å². The van der Waals surface area contributed by atoms with E-state index in [4.69, 9.17) is 14.6 Å². The van der Waals surface area contributed by atoms with Gasteiger partial charge in [-0.3, -0.25) is 0 Å². The number of H-pyrrole nitrogens is 1. The number of carboxylic acids is 1. The second kappa shape index (κ2) is 7.59. The van der Waals surface area contributed by atoms with Crippen LogP contribution in [0.1, 0.15) is 41.9 Å². The minimum Gasteiger partial charge on any atom is -0.481 e. The van der Waals surface area contributed by atoms with Gasteiger partial charge in [-0.2, -0.15) is 13.2 Å². The van der Waals surface area contributed by atoms with Gasteiger partial charge < -0.3 is 19.6 Å². The monoisotopic (exact) mass is 419 g/mol. The van der Waals surface area contributed by atoms with Gasteiger partial charge in [0.25, 0.3) is 0 Å². The summed E-state index contributed by atoms with van der Waals surface area (Å²) in [6.45, 7) is 0.414. The average Bonchev–Trinajstić information content (AvgIpc) is 3.02. The van der Waals surface area contributed by atoms with E-state index in [0.717, 1.165) is 29.8 Å². The molecule has 30 heavy (non-hydrogen) atoms. The van der Waals surface area contributed by atoms with Gasteiger partial charge in [-0.1, -0.05) is 6.42 Å². The van der Waals surface area contributed by atoms with Crippen molar-refractivity contribution in [2.75, 3.05) is 6.61 Å². The van der Waals surface area contributed by atoms with Crippen molar-refractivity contribution in [2.24, 2.45) is 0 Å². The normalized spacial score (nSPS) is 14.5. The Hall–Kier alpha value is -3.16. The number of aromatic amines is 1. The van der Waals surface area contributed by atoms with Gasteiger partial charge in [0.05, 0.1) is 0 Å². The molecule has 1 aliphatic rings. The topological polar surface area (TPSA) is 71.5 Å². The van der Waals surface area contributed by atoms with Gasteiger partial charge in [-0.25, -0.2) is 4.79 Å². The summed E-state index contributed by atoms with van der Waals surface area (Å²) in [4.78, 5) is 13.9. The van der Waals surface area contributed by atoms with Gasteiger partial charge in [0.2, 0.25) is 0 Å². The first kappa shape index (κ1) is 20.1. The number of carbonyl (C=O) groups is 1. The van der Waals surface area contributed by atoms with Crippen LogP contribution < -0.4 is 9.47 Å². The number of benzene rings is 2. The van der Waals surface area contributed by atoms with Crippen LogP contribution in [0.4, 0.5) is 13.2 Å². The number of nitrogens with one attached hydrogen (secondary N) is 1. The van der Waals surface area contributed by atoms with E-state index < -0.39 is 30.1 Å². The number of aromatic nitrogens is 1. The Morgan fingerprint density at radius 1 is 1.20 bits per heavy atom. The average molecular weight is 419 g/mol. The summed E-state index contributed by atoms with van der Waals surface area (Å²) in [6.07, 6.45) is 0.718. The van der Waals surface area contributed by atoms with Crippen LogP contribution in [0.2, 0.25) is 0 Å². The number of hydrogen-bond acceptors (Lipinski definition) is 3. The first-order valence-corrected chi connectivity index (χ1v) is 9.58. The zero-order valence-corrected chi connectivity index (χ0v) is 16.2. The molecule has 0 spiro atoms. The summed E-state index contributed by atoms with van der Waals surface area (Å²) < 4.78 is 51.5. The highest BCUT2D eigenvalue weighted by Crippen LogP contribution is 2.44. The van der Waals surface area contributed by atoms with E-state index in [1.807, 2.05) is 18.3 Å². The fourth-order valence-corrected chi connectivity index (χ4v) is 3.76. The molecular formula is C22H20F3NO4. The van der Waals surface area contributed by atoms with Crippen molar-refractivity contribution < 1.29 is 32.5 Å². The molecule has 5 nitrogen and oxygen atoms in total. The van der Waals surface area contributed by atoms with E-state index in [1.54, 1.807) is 6.07 Å². The zero-order chi connectivity index (χ0) is 21.5. The number of ether oxygens (including phenoxy) is 2. The molecule has 0 aliphatic heterocycles. The second-order valence-electron chi connectivity index (χ2n) is 7.42. The van der Waals surface area contributed by atoms with E-state index >= 15 is 0 Å². The number of rotatable bonds is 6. The lowest BCUT2D eigenvalue weighted by atomic mass is 9.80. The van der Waals surface area contributed by atoms with E-state index in [0.29, 0.717) is 11.7 Å². The third-order valence-corrected chi connectivity index (χ3v) is 5.47. The summed E-state index contributed by atoms with van der Waals surface area (Å²) in [5.74, 6) is -0.937. The smallest absolute Gasteiger partial charge is 0.420 e. The number of fused-ring (bicyclic) bond motifs is 1. The van der Waals surface area contributed by atoms with Crippen LogP contribution in [0.25, 0.3) is 10.9 Å². The summed E-state index contributed by atoms with van der Waals surface area (Å²) in [5, 5.41) is 9.71. The molecule has 1 aliphatic carbocycles. The van der Waals surface area contributed by atoms with Crippen LogP contribution >= 0.6 is 0 Å². The van der Waals surface area contributed by atoms with Crippen LogP contribution in [0.3, 0.4) is 0 Å². The van der Waals surface area contributed by atoms with Crippen LogP contribution in [0, 0.1) is 6.92 Å². The van der Waals surface area contributed by atoms with Gasteiger partial charge in [-0.15, -0.1) is 0 Å². The van der Waals surface area contributed by atoms with Crippen molar-refractivity contribution in [1.82, 2.24) is 4.98 Å². The minimum absolute atomic E-state index is 0.0325. The summed E-state index contributed by atoms with van der Waals surface area (Å²) >= 11 is 0. The maximum absolute atomic E-state index is 13.6. The second-order valence-corrected chi connectivity index (χ2v) is 7.42. The van der Waals surface area contributed by atoms with Gasteiger partial charge in [-0.05, 0) is 61.6 Å². The van der Waals surface area contributed by atoms with Gasteiger partial charge in [0.1, 0.15) is 22.8 Å². The third-order valence-electron chi connectivity index (χ3n) is 5.47. The van der Waals surface area contributed by atoms with Crippen molar-refractivity contribution in [3.63, 3.8) is 0 Å². The van der Waals surface area contributed by atoms with E-state index in [-0.39, 0.29) is 11.3 Å². The molecular weight excluding hydrogens is 399 g/mol. The molecule has 0 radical (unpaired) electrons. The molecule has 0 saturated heterocycles. The summed E-state index contributed by atoms with van der Waals surface area (Å²) in [6, 6.07) is 7.82. The van der Waals surface area contributed by atoms with Crippen molar-refractivity contribution in [2.45, 2.75) is 38.3 Å². The largest absolute Gasteiger partial charge is 0.481 e. The quantitative estimate of drug-likeness (QED) is 0.513. The van der Waals surface area contributed by atoms with Crippen LogP contribution in [0.5, 0.6) is 17.2 Å². The number of hydrogen-bond donors (Lipinski definition) is 2. The first-order valence-electron chi connectivity index (χ1n) is 9.58. The molecule has 1 fully saturated rings. The standard InChI is InChI=1S/C22H20F3NO4/c1-12-18(7-8-19(29-11-20(27)28)21(12)22(23,24)25)30-14-5-6-17-15(9-14)16(10-26-17)13-3-2-4-13/h5-10,13,26H,2-4,11H2,1H3,(H,27,28). The molecule has 1 aromatic heterocycles. The molecule has 2 N–H and O–H groups in total. The molecule has 0 bridgehead atoms. The molecule has 0 amide bonds. The molecule has 1 heterocycles. The lowest BCUT2D eigenvalue weighted by molar-refractivity contribution is -0.143. The SMILES string of the molecule is Cc1c(Oc2ccc3[nH]cc(C4CCC4)c3c2)ccc(OCC(=O)O)c1C(F)(F)F. The molecule has 0 unspecified atom stereocenters. The maximum Gasteiger partial charge on any atom is 0.420 e. The number of alkyl halides is 3. The van der Waals surface area contributed by atoms with Gasteiger partial charge in [0.15, 0.2) is 6.61 Å². The van der Waals surface area contributed by atoms with Crippen molar-refractivity contribution in [1.29, 1.82) is 0 Å². The third kappa shape index (κ3) is 3.81. The van der Waals surface area contributed by atoms with Crippen molar-refractivity contribution >= 4 is 16.9 Å². The Morgan fingerprint density at radius 3 is 2.57 bits per heavy atom. The number of halogens is 3. The highest BCUT2D eigenvalue weighted by molar-refractivity contribution is 5.85. The predicted molar refractivity (Wildman–Crippen MR) is 104 cm³/mol. The Balaban J connectivity index is 1.68. The predicted octanol–water partition coefficient (Wildman–Crippen LogP) is 6.02. The Kier molecular flexibility index (Phi) is 5.09. The molecule has 0 atom stereocenters. The molecule has 158 valence electrons. The van der Waals surface area contributed by atoms with Gasteiger partial charge in [0, 0.05) is 22.7 Å². The van der Waals surface area contributed by atoms with Crippen molar-refractivity contribution in [3.05, 3.63) is 53.2 Å². The Labute approximate surface area is 170 Å². The first-order chi connectivity index (χ1) is 14.2. The fourth-order valence-electron chi connectivity index (χ4n) is 3.76. The lowest BCUT2D eigenvalue weighted by Crippen LogP contribution is -2.15. The van der Waals surface area contributed by atoms with Crippen LogP contribution in [-0.2, 0) is 11.0 Å². The maximum atomic E-state index is 13.6. The van der Waals surface area contributed by atoms with E-state index in [1.165, 1.54) is 25.0 Å². The minimum atomic E-state index is -4.72. The highest BCUT2D eigenvalue weighted by Gasteiger charge is 2.38. The summed E-state index contributed by atoms with van der Waals surface area (Å²) in [7, 11) is 0. The highest BCUT2D eigenvalue weighted by atomic mass is 19.4. The molecule has 3 aromatic rings. The van der Waals surface area contributed by atoms with Gasteiger partial charge >= 0.3 is 12.1 Å². The lowest BCUT2D eigenvalue weighted by Gasteiger charge is -2.25. The number of aliphatic carboxylic acids is 1.